The van der Waals surface area contributed by atoms with Crippen LogP contribution in [0.15, 0.2) is 59.6 Å². The van der Waals surface area contributed by atoms with E-state index in [-0.39, 0.29) is 17.4 Å². The second-order valence-electron chi connectivity index (χ2n) is 9.58. The summed E-state index contributed by atoms with van der Waals surface area (Å²) in [5.74, 6) is 1.20. The normalized spacial score (nSPS) is 16.7. The molecule has 0 aliphatic carbocycles. The van der Waals surface area contributed by atoms with Crippen LogP contribution in [0.2, 0.25) is 0 Å². The van der Waals surface area contributed by atoms with Gasteiger partial charge in [-0.3, -0.25) is 14.4 Å². The van der Waals surface area contributed by atoms with E-state index in [4.69, 9.17) is 14.2 Å². The number of thioether (sulfide) groups is 1. The molecule has 2 aromatic heterocycles. The minimum absolute atomic E-state index is 0.114. The molecule has 3 heterocycles. The third-order valence-corrected chi connectivity index (χ3v) is 9.08. The Bertz CT molecular complexity index is 1620. The number of esters is 1. The van der Waals surface area contributed by atoms with Gasteiger partial charge in [0.2, 0.25) is 5.60 Å². The van der Waals surface area contributed by atoms with Crippen molar-refractivity contribution in [1.29, 1.82) is 0 Å². The molecular weight excluding hydrogens is 562 g/mol. The predicted molar refractivity (Wildman–Crippen MR) is 157 cm³/mol. The number of ether oxygens (including phenoxy) is 3. The topological polar surface area (TPSA) is 108 Å². The summed E-state index contributed by atoms with van der Waals surface area (Å²) in [6.07, 6.45) is 0.304. The van der Waals surface area contributed by atoms with Gasteiger partial charge in [0, 0.05) is 31.8 Å². The third-order valence-electron chi connectivity index (χ3n) is 6.82. The number of rotatable bonds is 10. The molecule has 1 saturated heterocycles. The molecule has 11 heteroatoms. The van der Waals surface area contributed by atoms with Gasteiger partial charge in [-0.05, 0) is 55.0 Å². The molecule has 9 nitrogen and oxygen atoms in total. The first kappa shape index (κ1) is 28.6. The van der Waals surface area contributed by atoms with Crippen LogP contribution in [0.1, 0.15) is 39.3 Å². The lowest BCUT2D eigenvalue weighted by atomic mass is 10.00. The number of thiophene rings is 1. The molecule has 1 amide bonds. The van der Waals surface area contributed by atoms with Gasteiger partial charge >= 0.3 is 5.97 Å². The molecule has 0 spiro atoms. The number of likely N-dealkylation sites (tertiary alicyclic amines) is 1. The Morgan fingerprint density at radius 3 is 2.46 bits per heavy atom. The minimum atomic E-state index is -1.45. The second kappa shape index (κ2) is 11.9. The van der Waals surface area contributed by atoms with Crippen molar-refractivity contribution in [3.05, 3.63) is 75.7 Å². The van der Waals surface area contributed by atoms with Gasteiger partial charge in [0.05, 0.1) is 35.2 Å². The molecule has 0 bridgehead atoms. The molecule has 1 atom stereocenters. The lowest BCUT2D eigenvalue weighted by molar-refractivity contribution is -0.167. The Labute approximate surface area is 245 Å². The Morgan fingerprint density at radius 2 is 1.76 bits per heavy atom. The number of benzene rings is 2. The molecule has 2 aromatic carbocycles. The van der Waals surface area contributed by atoms with Gasteiger partial charge in [-0.25, -0.2) is 9.97 Å². The number of amides is 1. The largest absolute Gasteiger partial charge is 0.497 e. The molecule has 1 fully saturated rings. The number of hydrogen-bond acceptors (Lipinski definition) is 10. The predicted octanol–water partition coefficient (Wildman–Crippen LogP) is 5.18. The summed E-state index contributed by atoms with van der Waals surface area (Å²) in [7, 11) is 3.19. The average Bonchev–Trinajstić information content (AvgIpc) is 3.58. The maximum absolute atomic E-state index is 13.7. The number of fused-ring (bicyclic) bond motifs is 1. The first-order chi connectivity index (χ1) is 19.7. The summed E-state index contributed by atoms with van der Waals surface area (Å²) in [6, 6.07) is 16.4. The van der Waals surface area contributed by atoms with Crippen molar-refractivity contribution in [2.75, 3.05) is 26.5 Å². The number of methoxy groups -OCH3 is 2. The van der Waals surface area contributed by atoms with Crippen LogP contribution in [0.25, 0.3) is 10.9 Å². The quantitative estimate of drug-likeness (QED) is 0.107. The van der Waals surface area contributed by atoms with Crippen LogP contribution in [0.3, 0.4) is 0 Å². The summed E-state index contributed by atoms with van der Waals surface area (Å²) in [5.41, 5.74) is 0.251. The van der Waals surface area contributed by atoms with Gasteiger partial charge in [-0.15, -0.1) is 11.3 Å². The smallest absolute Gasteiger partial charge is 0.304 e. The molecule has 4 aromatic rings. The van der Waals surface area contributed by atoms with Crippen molar-refractivity contribution in [3.8, 4) is 11.5 Å². The van der Waals surface area contributed by atoms with Gasteiger partial charge in [0.15, 0.2) is 5.78 Å². The summed E-state index contributed by atoms with van der Waals surface area (Å²) in [5, 5.41) is 1.50. The first-order valence-electron chi connectivity index (χ1n) is 12.9. The van der Waals surface area contributed by atoms with Gasteiger partial charge in [0.1, 0.15) is 22.3 Å². The van der Waals surface area contributed by atoms with E-state index < -0.39 is 11.6 Å². The second-order valence-corrected chi connectivity index (χ2v) is 11.6. The fourth-order valence-corrected chi connectivity index (χ4v) is 6.94. The zero-order chi connectivity index (χ0) is 29.1. The SMILES string of the molecule is COc1ccc(CN2CCC(OC(C)=O)(c3ccc(C(=O)CSc4nc(C)nc5ccc(OC)cc45)s3)C2=O)cc1. The van der Waals surface area contributed by atoms with Crippen molar-refractivity contribution >= 4 is 51.7 Å². The number of nitrogens with zero attached hydrogens (tertiary/aromatic N) is 3. The van der Waals surface area contributed by atoms with Gasteiger partial charge in [-0.2, -0.15) is 0 Å². The number of aromatic nitrogens is 2. The monoisotopic (exact) mass is 591 g/mol. The van der Waals surface area contributed by atoms with E-state index in [0.717, 1.165) is 22.2 Å². The van der Waals surface area contributed by atoms with E-state index in [1.165, 1.54) is 30.0 Å². The maximum Gasteiger partial charge on any atom is 0.304 e. The molecule has 212 valence electrons. The van der Waals surface area contributed by atoms with E-state index in [1.807, 2.05) is 49.4 Å². The average molecular weight is 592 g/mol. The number of carbonyl (C=O) groups excluding carboxylic acids is 3. The first-order valence-corrected chi connectivity index (χ1v) is 14.7. The molecule has 1 aliphatic heterocycles. The minimum Gasteiger partial charge on any atom is -0.497 e. The molecule has 0 saturated carbocycles. The number of carbonyl (C=O) groups is 3. The highest BCUT2D eigenvalue weighted by Crippen LogP contribution is 2.42. The van der Waals surface area contributed by atoms with E-state index in [9.17, 15) is 14.4 Å². The van der Waals surface area contributed by atoms with E-state index in [0.29, 0.717) is 45.9 Å². The van der Waals surface area contributed by atoms with E-state index in [2.05, 4.69) is 9.97 Å². The Hall–Kier alpha value is -3.96. The Kier molecular flexibility index (Phi) is 8.27. The van der Waals surface area contributed by atoms with Gasteiger partial charge < -0.3 is 19.1 Å². The number of ketones is 1. The molecular formula is C30H29N3O6S2. The van der Waals surface area contributed by atoms with Crippen LogP contribution in [0.4, 0.5) is 0 Å². The van der Waals surface area contributed by atoms with Gasteiger partial charge in [0.25, 0.3) is 5.91 Å². The van der Waals surface area contributed by atoms with Crippen molar-refractivity contribution < 1.29 is 28.6 Å². The van der Waals surface area contributed by atoms with Crippen LogP contribution in [0, 0.1) is 6.92 Å². The van der Waals surface area contributed by atoms with Crippen LogP contribution in [0.5, 0.6) is 11.5 Å². The Morgan fingerprint density at radius 1 is 1.02 bits per heavy atom. The fourth-order valence-electron chi connectivity index (χ4n) is 4.81. The summed E-state index contributed by atoms with van der Waals surface area (Å²) in [4.78, 5) is 50.8. The molecule has 5 rings (SSSR count). The zero-order valence-corrected chi connectivity index (χ0v) is 24.8. The van der Waals surface area contributed by atoms with Crippen LogP contribution in [-0.4, -0.2) is 59.0 Å². The fraction of sp³-hybridized carbons (Fsp3) is 0.300. The number of aryl methyl sites for hydroxylation is 1. The summed E-state index contributed by atoms with van der Waals surface area (Å²) >= 11 is 2.51. The number of Topliss-reactive ketones (excluding diaryl/α,β-unsaturated/α-hetero) is 1. The van der Waals surface area contributed by atoms with Crippen molar-refractivity contribution in [1.82, 2.24) is 14.9 Å². The zero-order valence-electron chi connectivity index (χ0n) is 23.1. The highest BCUT2D eigenvalue weighted by atomic mass is 32.2. The highest BCUT2D eigenvalue weighted by molar-refractivity contribution is 8.00. The van der Waals surface area contributed by atoms with E-state index in [1.54, 1.807) is 31.3 Å². The molecule has 0 radical (unpaired) electrons. The lowest BCUT2D eigenvalue weighted by Gasteiger charge is -2.26. The summed E-state index contributed by atoms with van der Waals surface area (Å²) in [6.45, 7) is 3.89. The van der Waals surface area contributed by atoms with Crippen LogP contribution >= 0.6 is 23.1 Å². The molecule has 1 aliphatic rings. The maximum atomic E-state index is 13.7. The van der Waals surface area contributed by atoms with E-state index >= 15 is 0 Å². The number of hydrogen-bond donors (Lipinski definition) is 0. The standard InChI is InChI=1S/C30H29N3O6S2/c1-18-31-24-10-9-22(38-4)15-23(24)28(32-18)40-17-25(35)26-11-12-27(41-26)30(39-19(2)34)13-14-33(29(30)36)16-20-5-7-21(37-3)8-6-20/h5-12,15H,13-14,16-17H2,1-4H3. The molecule has 0 N–H and O–H groups in total. The van der Waals surface area contributed by atoms with Crippen molar-refractivity contribution in [3.63, 3.8) is 0 Å². The van der Waals surface area contributed by atoms with Crippen LogP contribution < -0.4 is 9.47 Å². The van der Waals surface area contributed by atoms with Crippen LogP contribution in [-0.2, 0) is 26.5 Å². The van der Waals surface area contributed by atoms with Crippen molar-refractivity contribution in [2.45, 2.75) is 37.4 Å². The third kappa shape index (κ3) is 5.91. The molecule has 1 unspecified atom stereocenters. The van der Waals surface area contributed by atoms with Crippen molar-refractivity contribution in [2.24, 2.45) is 0 Å². The Balaban J connectivity index is 1.34. The lowest BCUT2D eigenvalue weighted by Crippen LogP contribution is -2.40. The highest BCUT2D eigenvalue weighted by Gasteiger charge is 2.52. The molecule has 41 heavy (non-hydrogen) atoms. The summed E-state index contributed by atoms with van der Waals surface area (Å²) < 4.78 is 16.3. The van der Waals surface area contributed by atoms with Gasteiger partial charge in [-0.1, -0.05) is 23.9 Å².